The van der Waals surface area contributed by atoms with Gasteiger partial charge in [-0.25, -0.2) is 0 Å². The molecule has 0 bridgehead atoms. The van der Waals surface area contributed by atoms with Crippen molar-refractivity contribution in [3.05, 3.63) is 35.1 Å². The lowest BCUT2D eigenvalue weighted by atomic mass is 9.79. The van der Waals surface area contributed by atoms with Crippen LogP contribution in [0.25, 0.3) is 21.7 Å². The summed E-state index contributed by atoms with van der Waals surface area (Å²) in [4.78, 5) is 2.30. The first-order valence-electron chi connectivity index (χ1n) is 11.8. The summed E-state index contributed by atoms with van der Waals surface area (Å²) < 4.78 is 2.14. The molecule has 3 aromatic rings. The van der Waals surface area contributed by atoms with Gasteiger partial charge in [-0.2, -0.15) is 5.10 Å². The van der Waals surface area contributed by atoms with Crippen LogP contribution >= 0.6 is 22.9 Å². The maximum Gasteiger partial charge on any atom is 0.208 e. The Morgan fingerprint density at radius 3 is 2.58 bits per heavy atom. The predicted molar refractivity (Wildman–Crippen MR) is 137 cm³/mol. The molecule has 176 valence electrons. The second-order valence-electron chi connectivity index (χ2n) is 10.8. The number of benzene rings is 1. The van der Waals surface area contributed by atoms with Gasteiger partial charge in [0.05, 0.1) is 11.2 Å². The van der Waals surface area contributed by atoms with Gasteiger partial charge in [-0.1, -0.05) is 29.0 Å². The molecule has 0 atom stereocenters. The normalized spacial score (nSPS) is 19.9. The Kier molecular flexibility index (Phi) is 5.78. The fraction of sp³-hybridized carbons (Fsp3) is 0.560. The van der Waals surface area contributed by atoms with Gasteiger partial charge < -0.3 is 10.2 Å². The van der Waals surface area contributed by atoms with Gasteiger partial charge in [0.2, 0.25) is 5.13 Å². The third kappa shape index (κ3) is 4.55. The average molecular weight is 485 g/mol. The number of hydrogen-bond acceptors (Lipinski definition) is 6. The molecule has 33 heavy (non-hydrogen) atoms. The van der Waals surface area contributed by atoms with Crippen LogP contribution in [0.5, 0.6) is 0 Å². The van der Waals surface area contributed by atoms with Crippen molar-refractivity contribution in [1.29, 1.82) is 0 Å². The monoisotopic (exact) mass is 484 g/mol. The standard InChI is InChI=1S/C25H33ClN6S/c1-24(2)13-17(14-25(3,4)30-24)31(5)23-29-28-22(33-23)18-10-9-16(12-20(18)26)19-15-27-32-11-7-6-8-21(19)32/h9-10,12,15,17,30H,6-8,11,13-14H2,1-5H3. The van der Waals surface area contributed by atoms with Crippen molar-refractivity contribution in [2.75, 3.05) is 11.9 Å². The molecule has 0 spiro atoms. The summed E-state index contributed by atoms with van der Waals surface area (Å²) in [6, 6.07) is 6.66. The van der Waals surface area contributed by atoms with Gasteiger partial charge in [-0.15, -0.1) is 10.2 Å². The minimum absolute atomic E-state index is 0.0838. The van der Waals surface area contributed by atoms with Gasteiger partial charge in [-0.3, -0.25) is 4.68 Å². The molecule has 6 nitrogen and oxygen atoms in total. The molecule has 2 aromatic heterocycles. The second-order valence-corrected chi connectivity index (χ2v) is 12.2. The minimum Gasteiger partial charge on any atom is -0.347 e. The predicted octanol–water partition coefficient (Wildman–Crippen LogP) is 5.80. The van der Waals surface area contributed by atoms with E-state index in [0.717, 1.165) is 47.1 Å². The molecule has 8 heteroatoms. The number of nitrogens with zero attached hydrogens (tertiary/aromatic N) is 5. The number of aromatic nitrogens is 4. The first kappa shape index (κ1) is 22.8. The van der Waals surface area contributed by atoms with Crippen molar-refractivity contribution in [1.82, 2.24) is 25.3 Å². The average Bonchev–Trinajstić information content (AvgIpc) is 3.38. The number of piperidine rings is 1. The smallest absolute Gasteiger partial charge is 0.208 e. The second kappa shape index (κ2) is 8.36. The first-order chi connectivity index (χ1) is 15.6. The van der Waals surface area contributed by atoms with E-state index in [4.69, 9.17) is 11.6 Å². The van der Waals surface area contributed by atoms with Crippen molar-refractivity contribution in [3.63, 3.8) is 0 Å². The topological polar surface area (TPSA) is 58.9 Å². The van der Waals surface area contributed by atoms with E-state index in [1.807, 2.05) is 12.3 Å². The quantitative estimate of drug-likeness (QED) is 0.506. The highest BCUT2D eigenvalue weighted by Crippen LogP contribution is 2.39. The summed E-state index contributed by atoms with van der Waals surface area (Å²) in [6.45, 7) is 10.1. The van der Waals surface area contributed by atoms with Crippen LogP contribution in [0.15, 0.2) is 24.4 Å². The van der Waals surface area contributed by atoms with Crippen LogP contribution in [0.3, 0.4) is 0 Å². The number of rotatable bonds is 4. The van der Waals surface area contributed by atoms with E-state index in [9.17, 15) is 0 Å². The fourth-order valence-corrected chi connectivity index (χ4v) is 6.93. The van der Waals surface area contributed by atoms with Gasteiger partial charge in [0.15, 0.2) is 5.01 Å². The maximum atomic E-state index is 6.77. The number of nitrogens with one attached hydrogen (secondary N) is 1. The number of anilines is 1. The van der Waals surface area contributed by atoms with Crippen molar-refractivity contribution in [2.24, 2.45) is 0 Å². The summed E-state index contributed by atoms with van der Waals surface area (Å²) in [5.41, 5.74) is 4.73. The lowest BCUT2D eigenvalue weighted by Gasteiger charge is -2.48. The summed E-state index contributed by atoms with van der Waals surface area (Å²) >= 11 is 8.38. The highest BCUT2D eigenvalue weighted by atomic mass is 35.5. The third-order valence-electron chi connectivity index (χ3n) is 6.93. The number of halogens is 1. The summed E-state index contributed by atoms with van der Waals surface area (Å²) in [5.74, 6) is 0. The summed E-state index contributed by atoms with van der Waals surface area (Å²) in [6.07, 6.45) is 7.60. The van der Waals surface area contributed by atoms with E-state index in [2.05, 4.69) is 77.1 Å². The Morgan fingerprint density at radius 2 is 1.85 bits per heavy atom. The lowest BCUT2D eigenvalue weighted by molar-refractivity contribution is 0.161. The van der Waals surface area contributed by atoms with Crippen LogP contribution in [0.2, 0.25) is 5.02 Å². The molecule has 0 aliphatic carbocycles. The zero-order valence-electron chi connectivity index (χ0n) is 20.2. The van der Waals surface area contributed by atoms with Gasteiger partial charge in [0, 0.05) is 47.5 Å². The zero-order chi connectivity index (χ0) is 23.4. The van der Waals surface area contributed by atoms with E-state index in [-0.39, 0.29) is 11.1 Å². The molecule has 2 aliphatic heterocycles. The van der Waals surface area contributed by atoms with E-state index < -0.39 is 0 Å². The zero-order valence-corrected chi connectivity index (χ0v) is 21.7. The van der Waals surface area contributed by atoms with Crippen molar-refractivity contribution in [3.8, 4) is 21.7 Å². The van der Waals surface area contributed by atoms with Crippen LogP contribution in [0.4, 0.5) is 5.13 Å². The number of fused-ring (bicyclic) bond motifs is 1. The molecular weight excluding hydrogens is 452 g/mol. The van der Waals surface area contributed by atoms with Crippen molar-refractivity contribution < 1.29 is 0 Å². The Hall–Kier alpha value is -1.96. The van der Waals surface area contributed by atoms with E-state index >= 15 is 0 Å². The molecule has 1 aromatic carbocycles. The molecule has 2 aliphatic rings. The largest absolute Gasteiger partial charge is 0.347 e. The van der Waals surface area contributed by atoms with E-state index in [1.165, 1.54) is 24.1 Å². The molecule has 5 rings (SSSR count). The first-order valence-corrected chi connectivity index (χ1v) is 13.0. The molecule has 0 radical (unpaired) electrons. The van der Waals surface area contributed by atoms with E-state index in [1.54, 1.807) is 11.3 Å². The lowest BCUT2D eigenvalue weighted by Crippen LogP contribution is -2.61. The van der Waals surface area contributed by atoms with Crippen LogP contribution in [0, 0.1) is 0 Å². The highest BCUT2D eigenvalue weighted by molar-refractivity contribution is 7.18. The SMILES string of the molecule is CN(c1nnc(-c2ccc(-c3cnn4c3CCCC4)cc2Cl)s1)C1CC(C)(C)NC(C)(C)C1. The molecule has 0 saturated carbocycles. The maximum absolute atomic E-state index is 6.77. The van der Waals surface area contributed by atoms with Crippen LogP contribution in [-0.2, 0) is 13.0 Å². The van der Waals surface area contributed by atoms with Crippen molar-refractivity contribution >= 4 is 28.1 Å². The highest BCUT2D eigenvalue weighted by Gasteiger charge is 2.39. The third-order valence-corrected chi connectivity index (χ3v) is 8.28. The van der Waals surface area contributed by atoms with Gasteiger partial charge in [0.25, 0.3) is 0 Å². The Bertz CT molecular complexity index is 1150. The summed E-state index contributed by atoms with van der Waals surface area (Å²) in [7, 11) is 2.14. The van der Waals surface area contributed by atoms with Crippen LogP contribution < -0.4 is 10.2 Å². The van der Waals surface area contributed by atoms with Gasteiger partial charge in [-0.05, 0) is 77.5 Å². The van der Waals surface area contributed by atoms with Gasteiger partial charge >= 0.3 is 0 Å². The molecule has 1 fully saturated rings. The van der Waals surface area contributed by atoms with Crippen LogP contribution in [-0.4, -0.2) is 44.1 Å². The molecular formula is C25H33ClN6S. The van der Waals surface area contributed by atoms with Gasteiger partial charge in [0.1, 0.15) is 0 Å². The summed E-state index contributed by atoms with van der Waals surface area (Å²) in [5, 5.41) is 19.9. The molecule has 0 amide bonds. The fourth-order valence-electron chi connectivity index (χ4n) is 5.68. The molecule has 1 N–H and O–H groups in total. The Labute approximate surface area is 205 Å². The molecule has 1 saturated heterocycles. The number of aryl methyl sites for hydroxylation is 1. The Morgan fingerprint density at radius 1 is 1.09 bits per heavy atom. The van der Waals surface area contributed by atoms with E-state index in [0.29, 0.717) is 11.1 Å². The van der Waals surface area contributed by atoms with Crippen LogP contribution in [0.1, 0.15) is 59.1 Å². The molecule has 4 heterocycles. The molecule has 0 unspecified atom stereocenters. The minimum atomic E-state index is 0.0838. The Balaban J connectivity index is 1.38. The van der Waals surface area contributed by atoms with Crippen molar-refractivity contribution in [2.45, 2.75) is 83.5 Å². The number of hydrogen-bond donors (Lipinski definition) is 1.